The lowest BCUT2D eigenvalue weighted by atomic mass is 9.86. The van der Waals surface area contributed by atoms with Crippen molar-refractivity contribution in [3.63, 3.8) is 0 Å². The van der Waals surface area contributed by atoms with Gasteiger partial charge >= 0.3 is 0 Å². The summed E-state index contributed by atoms with van der Waals surface area (Å²) in [5, 5.41) is 12.7. The molecule has 3 heteroatoms. The molecule has 0 aromatic heterocycles. The van der Waals surface area contributed by atoms with Crippen molar-refractivity contribution in [2.45, 2.75) is 71.8 Å². The third kappa shape index (κ3) is 4.85. The predicted octanol–water partition coefficient (Wildman–Crippen LogP) is 4.42. The van der Waals surface area contributed by atoms with Crippen LogP contribution >= 0.6 is 0 Å². The Bertz CT molecular complexity index is 573. The predicted molar refractivity (Wildman–Crippen MR) is 94.6 cm³/mol. The van der Waals surface area contributed by atoms with Crippen LogP contribution in [0.5, 0.6) is 5.75 Å². The molecule has 1 fully saturated rings. The molecular weight excluding hydrogens is 286 g/mol. The van der Waals surface area contributed by atoms with Crippen molar-refractivity contribution in [2.24, 2.45) is 0 Å². The summed E-state index contributed by atoms with van der Waals surface area (Å²) in [6.45, 7) is 6.32. The molecule has 23 heavy (non-hydrogen) atoms. The zero-order valence-electron chi connectivity index (χ0n) is 14.6. The minimum atomic E-state index is 0.0822. The zero-order valence-corrected chi connectivity index (χ0v) is 14.6. The van der Waals surface area contributed by atoms with Gasteiger partial charge in [-0.3, -0.25) is 4.79 Å². The number of carbonyl (C=O) groups excluding carboxylic acids is 1. The Kier molecular flexibility index (Phi) is 6.26. The molecule has 0 unspecified atom stereocenters. The summed E-state index contributed by atoms with van der Waals surface area (Å²) < 4.78 is 0. The fourth-order valence-electron chi connectivity index (χ4n) is 3.51. The van der Waals surface area contributed by atoms with Crippen LogP contribution in [0.15, 0.2) is 29.3 Å². The summed E-state index contributed by atoms with van der Waals surface area (Å²) in [7, 11) is 0. The number of phenolic OH excluding ortho intramolecular Hbond substituents is 1. The van der Waals surface area contributed by atoms with Crippen LogP contribution < -0.4 is 5.32 Å². The van der Waals surface area contributed by atoms with Crippen molar-refractivity contribution >= 4 is 5.91 Å². The monoisotopic (exact) mass is 315 g/mol. The van der Waals surface area contributed by atoms with Crippen molar-refractivity contribution in [2.75, 3.05) is 0 Å². The van der Waals surface area contributed by atoms with Gasteiger partial charge in [-0.2, -0.15) is 0 Å². The molecule has 0 aliphatic heterocycles. The highest BCUT2D eigenvalue weighted by atomic mass is 16.3. The summed E-state index contributed by atoms with van der Waals surface area (Å²) in [5.74, 6) is 0.363. The van der Waals surface area contributed by atoms with Gasteiger partial charge < -0.3 is 10.4 Å². The van der Waals surface area contributed by atoms with Gasteiger partial charge in [-0.25, -0.2) is 0 Å². The molecule has 1 amide bonds. The van der Waals surface area contributed by atoms with Gasteiger partial charge in [-0.1, -0.05) is 37.1 Å². The molecule has 2 rings (SSSR count). The van der Waals surface area contributed by atoms with E-state index >= 15 is 0 Å². The normalized spacial score (nSPS) is 17.9. The third-order valence-corrected chi connectivity index (χ3v) is 4.93. The number of hydrogen-bond acceptors (Lipinski definition) is 2. The largest absolute Gasteiger partial charge is 0.508 e. The molecule has 0 bridgehead atoms. The van der Waals surface area contributed by atoms with E-state index < -0.39 is 0 Å². The Labute approximate surface area is 139 Å². The number of rotatable bonds is 5. The summed E-state index contributed by atoms with van der Waals surface area (Å²) in [6.07, 6.45) is 7.06. The number of hydrogen-bond donors (Lipinski definition) is 2. The number of aryl methyl sites for hydroxylation is 1. The lowest BCUT2D eigenvalue weighted by molar-refractivity contribution is -0.121. The van der Waals surface area contributed by atoms with Crippen molar-refractivity contribution in [1.29, 1.82) is 0 Å². The topological polar surface area (TPSA) is 49.3 Å². The molecular formula is C20H29NO2. The SMILES string of the molecule is CCC(CC)=C1CCC(NC(=O)Cc2ccc(O)c(C)c2)CC1. The van der Waals surface area contributed by atoms with Gasteiger partial charge in [0.25, 0.3) is 0 Å². The zero-order chi connectivity index (χ0) is 16.8. The first-order valence-electron chi connectivity index (χ1n) is 8.81. The molecule has 0 heterocycles. The van der Waals surface area contributed by atoms with Crippen LogP contribution in [0.25, 0.3) is 0 Å². The molecule has 126 valence electrons. The van der Waals surface area contributed by atoms with Gasteiger partial charge in [0.2, 0.25) is 5.91 Å². The van der Waals surface area contributed by atoms with Gasteiger partial charge in [-0.05, 0) is 62.6 Å². The number of carbonyl (C=O) groups is 1. The number of benzene rings is 1. The van der Waals surface area contributed by atoms with Gasteiger partial charge in [0, 0.05) is 6.04 Å². The summed E-state index contributed by atoms with van der Waals surface area (Å²) >= 11 is 0. The summed E-state index contributed by atoms with van der Waals surface area (Å²) in [5.41, 5.74) is 4.99. The Morgan fingerprint density at radius 3 is 2.43 bits per heavy atom. The highest BCUT2D eigenvalue weighted by Gasteiger charge is 2.20. The van der Waals surface area contributed by atoms with E-state index in [1.54, 1.807) is 17.2 Å². The molecule has 3 nitrogen and oxygen atoms in total. The van der Waals surface area contributed by atoms with Crippen LogP contribution in [0.1, 0.15) is 63.5 Å². The molecule has 0 saturated heterocycles. The van der Waals surface area contributed by atoms with E-state index in [2.05, 4.69) is 19.2 Å². The Morgan fingerprint density at radius 1 is 1.22 bits per heavy atom. The van der Waals surface area contributed by atoms with Crippen molar-refractivity contribution in [3.05, 3.63) is 40.5 Å². The minimum Gasteiger partial charge on any atom is -0.508 e. The van der Waals surface area contributed by atoms with E-state index in [1.807, 2.05) is 19.1 Å². The fourth-order valence-corrected chi connectivity index (χ4v) is 3.51. The molecule has 0 radical (unpaired) electrons. The van der Waals surface area contributed by atoms with Crippen molar-refractivity contribution in [3.8, 4) is 5.75 Å². The lowest BCUT2D eigenvalue weighted by Gasteiger charge is -2.27. The third-order valence-electron chi connectivity index (χ3n) is 4.93. The number of aromatic hydroxyl groups is 1. The quantitative estimate of drug-likeness (QED) is 0.790. The van der Waals surface area contributed by atoms with E-state index in [-0.39, 0.29) is 11.7 Å². The van der Waals surface area contributed by atoms with Crippen molar-refractivity contribution < 1.29 is 9.90 Å². The highest BCUT2D eigenvalue weighted by molar-refractivity contribution is 5.79. The number of allylic oxidation sites excluding steroid dienone is 2. The van der Waals surface area contributed by atoms with Crippen LogP contribution in [0.3, 0.4) is 0 Å². The Hall–Kier alpha value is -1.77. The van der Waals surface area contributed by atoms with E-state index in [4.69, 9.17) is 0 Å². The second-order valence-electron chi connectivity index (χ2n) is 6.55. The maximum absolute atomic E-state index is 12.2. The van der Waals surface area contributed by atoms with Crippen LogP contribution in [0.2, 0.25) is 0 Å². The first-order valence-corrected chi connectivity index (χ1v) is 8.81. The second-order valence-corrected chi connectivity index (χ2v) is 6.55. The average Bonchev–Trinajstić information content (AvgIpc) is 2.53. The van der Waals surface area contributed by atoms with Gasteiger partial charge in [0.05, 0.1) is 6.42 Å². The van der Waals surface area contributed by atoms with Gasteiger partial charge in [0.1, 0.15) is 5.75 Å². The maximum atomic E-state index is 12.2. The molecule has 1 aliphatic carbocycles. The van der Waals surface area contributed by atoms with E-state index in [0.29, 0.717) is 12.5 Å². The van der Waals surface area contributed by atoms with Gasteiger partial charge in [0.15, 0.2) is 0 Å². The number of phenols is 1. The fraction of sp³-hybridized carbons (Fsp3) is 0.550. The molecule has 1 saturated carbocycles. The van der Waals surface area contributed by atoms with E-state index in [0.717, 1.165) is 49.7 Å². The van der Waals surface area contributed by atoms with Crippen LogP contribution in [-0.2, 0) is 11.2 Å². The van der Waals surface area contributed by atoms with Gasteiger partial charge in [-0.15, -0.1) is 0 Å². The Morgan fingerprint density at radius 2 is 1.87 bits per heavy atom. The molecule has 0 atom stereocenters. The maximum Gasteiger partial charge on any atom is 0.224 e. The van der Waals surface area contributed by atoms with Crippen LogP contribution in [-0.4, -0.2) is 17.1 Å². The molecule has 1 aliphatic rings. The first-order chi connectivity index (χ1) is 11.0. The van der Waals surface area contributed by atoms with Crippen LogP contribution in [0, 0.1) is 6.92 Å². The standard InChI is InChI=1S/C20H29NO2/c1-4-16(5-2)17-7-9-18(10-8-17)21-20(23)13-15-6-11-19(22)14(3)12-15/h6,11-12,18,22H,4-5,7-10,13H2,1-3H3,(H,21,23). The highest BCUT2D eigenvalue weighted by Crippen LogP contribution is 2.29. The van der Waals surface area contributed by atoms with E-state index in [1.165, 1.54) is 0 Å². The van der Waals surface area contributed by atoms with E-state index in [9.17, 15) is 9.90 Å². The second kappa shape index (κ2) is 8.19. The lowest BCUT2D eigenvalue weighted by Crippen LogP contribution is -2.37. The summed E-state index contributed by atoms with van der Waals surface area (Å²) in [6, 6.07) is 5.66. The number of nitrogens with one attached hydrogen (secondary N) is 1. The first kappa shape index (κ1) is 17.6. The van der Waals surface area contributed by atoms with Crippen LogP contribution in [0.4, 0.5) is 0 Å². The smallest absolute Gasteiger partial charge is 0.224 e. The number of amides is 1. The molecule has 2 N–H and O–H groups in total. The minimum absolute atomic E-state index is 0.0822. The molecule has 1 aromatic carbocycles. The van der Waals surface area contributed by atoms with Crippen molar-refractivity contribution in [1.82, 2.24) is 5.32 Å². The summed E-state index contributed by atoms with van der Waals surface area (Å²) in [4.78, 5) is 12.2. The molecule has 0 spiro atoms. The molecule has 1 aromatic rings. The Balaban J connectivity index is 1.85. The average molecular weight is 315 g/mol.